The SMILES string of the molecule is [Cl-].[Cl-].[Zr+2]=[C](c1ccc(C2CCCCC2)cc1)c1ccc(C2CCCCC2)cc1.[c-]1cccc2c1Cc1ccccc1-2.c1cc[cH-]c1. The first kappa shape index (κ1) is 36.4. The predicted molar refractivity (Wildman–Crippen MR) is 183 cm³/mol. The van der Waals surface area contributed by atoms with E-state index in [2.05, 4.69) is 91.0 Å². The minimum Gasteiger partial charge on any atom is -0.214 e. The Balaban J connectivity index is 0.000000199. The van der Waals surface area contributed by atoms with Crippen LogP contribution in [0.1, 0.15) is 109 Å². The number of fused-ring (bicyclic) bond motifs is 3. The molecule has 3 aliphatic rings. The van der Waals surface area contributed by atoms with Crippen LogP contribution in [-0.2, 0) is 30.7 Å². The number of benzene rings is 4. The van der Waals surface area contributed by atoms with Crippen molar-refractivity contribution >= 4 is 3.21 Å². The molecule has 236 valence electrons. The fourth-order valence-electron chi connectivity index (χ4n) is 7.20. The van der Waals surface area contributed by atoms with E-state index in [9.17, 15) is 0 Å². The molecule has 3 heteroatoms. The summed E-state index contributed by atoms with van der Waals surface area (Å²) in [5, 5.41) is 0. The van der Waals surface area contributed by atoms with Crippen molar-refractivity contribution in [1.29, 1.82) is 0 Å². The summed E-state index contributed by atoms with van der Waals surface area (Å²) in [5.41, 5.74) is 11.5. The first-order chi connectivity index (χ1) is 21.8. The summed E-state index contributed by atoms with van der Waals surface area (Å²) in [6, 6.07) is 47.1. The zero-order chi connectivity index (χ0) is 30.0. The van der Waals surface area contributed by atoms with Gasteiger partial charge in [-0.05, 0) is 6.42 Å². The van der Waals surface area contributed by atoms with Crippen molar-refractivity contribution in [3.63, 3.8) is 0 Å². The third-order valence-electron chi connectivity index (χ3n) is 9.72. The zero-order valence-corrected chi connectivity index (χ0v) is 30.7. The molecule has 0 amide bonds. The van der Waals surface area contributed by atoms with E-state index in [1.54, 1.807) is 11.1 Å². The van der Waals surface area contributed by atoms with E-state index in [1.807, 2.05) is 36.4 Å². The van der Waals surface area contributed by atoms with Gasteiger partial charge in [-0.2, -0.15) is 48.0 Å². The first-order valence-corrected chi connectivity index (χ1v) is 18.0. The van der Waals surface area contributed by atoms with Crippen molar-refractivity contribution in [3.05, 3.63) is 161 Å². The van der Waals surface area contributed by atoms with E-state index in [-0.39, 0.29) is 24.8 Å². The summed E-state index contributed by atoms with van der Waals surface area (Å²) in [6.45, 7) is 0. The summed E-state index contributed by atoms with van der Waals surface area (Å²) in [6.07, 6.45) is 15.1. The van der Waals surface area contributed by atoms with Gasteiger partial charge < -0.3 is 24.8 Å². The van der Waals surface area contributed by atoms with Crippen LogP contribution in [0.2, 0.25) is 0 Å². The molecule has 46 heavy (non-hydrogen) atoms. The van der Waals surface area contributed by atoms with Crippen molar-refractivity contribution in [2.75, 3.05) is 0 Å². The minimum atomic E-state index is 0. The fraction of sp³-hybridized carbons (Fsp3) is 0.302. The van der Waals surface area contributed by atoms with Crippen LogP contribution >= 0.6 is 0 Å². The maximum Gasteiger partial charge on any atom is -0.0253 e. The van der Waals surface area contributed by atoms with Crippen LogP contribution in [0, 0.1) is 6.07 Å². The van der Waals surface area contributed by atoms with Crippen LogP contribution in [0.5, 0.6) is 0 Å². The molecule has 0 heterocycles. The van der Waals surface area contributed by atoms with Crippen LogP contribution in [-0.4, -0.2) is 3.21 Å². The van der Waals surface area contributed by atoms with E-state index in [1.165, 1.54) is 125 Å². The molecule has 0 unspecified atom stereocenters. The summed E-state index contributed by atoms with van der Waals surface area (Å²) >= 11 is 1.51. The number of halogens is 2. The second kappa shape index (κ2) is 18.8. The summed E-state index contributed by atoms with van der Waals surface area (Å²) < 4.78 is 1.49. The van der Waals surface area contributed by atoms with Gasteiger partial charge in [0.15, 0.2) is 0 Å². The molecule has 5 aromatic rings. The molecule has 0 atom stereocenters. The second-order valence-corrected chi connectivity index (χ2v) is 13.9. The molecule has 0 saturated heterocycles. The normalized spacial score (nSPS) is 15.3. The van der Waals surface area contributed by atoms with Crippen LogP contribution in [0.3, 0.4) is 0 Å². The van der Waals surface area contributed by atoms with Gasteiger partial charge in [0.1, 0.15) is 0 Å². The summed E-state index contributed by atoms with van der Waals surface area (Å²) in [5.74, 6) is 1.61. The molecule has 8 rings (SSSR count). The van der Waals surface area contributed by atoms with Crippen molar-refractivity contribution in [1.82, 2.24) is 0 Å². The quantitative estimate of drug-likeness (QED) is 0.215. The Labute approximate surface area is 304 Å². The van der Waals surface area contributed by atoms with Crippen molar-refractivity contribution in [2.24, 2.45) is 0 Å². The van der Waals surface area contributed by atoms with Gasteiger partial charge in [-0.15, -0.1) is 5.56 Å². The number of hydrogen-bond acceptors (Lipinski definition) is 0. The standard InChI is InChI=1S/C25H30.C13H9.C5H5.2ClH.Zr/c1-3-7-22(8-4-1)24-15-11-20(12-16-24)19-21-13-17-25(18-14-21)23-9-5-2-6-10-23;1-3-7-12-10(5-1)9-11-6-2-4-8-13(11)12;1-2-4-5-3-1;;;/h11-18,22-23H,1-10H2;1-5,7-8H,9H2;1-5H;2*1H;/q;2*-1;;;+2/p-2. The average molecular weight is 723 g/mol. The van der Waals surface area contributed by atoms with E-state index < -0.39 is 0 Å². The molecule has 0 bridgehead atoms. The van der Waals surface area contributed by atoms with E-state index >= 15 is 0 Å². The molecule has 0 radical (unpaired) electrons. The van der Waals surface area contributed by atoms with Gasteiger partial charge in [0.2, 0.25) is 0 Å². The van der Waals surface area contributed by atoms with E-state index in [4.69, 9.17) is 0 Å². The number of rotatable bonds is 4. The monoisotopic (exact) mass is 720 g/mol. The molecule has 5 aromatic carbocycles. The van der Waals surface area contributed by atoms with Crippen LogP contribution in [0.4, 0.5) is 0 Å². The molecule has 2 saturated carbocycles. The third kappa shape index (κ3) is 9.56. The molecule has 0 nitrogen and oxygen atoms in total. The van der Waals surface area contributed by atoms with Gasteiger partial charge in [-0.3, -0.25) is 0 Å². The maximum absolute atomic E-state index is 3.30. The average Bonchev–Trinajstić information content (AvgIpc) is 3.82. The largest absolute Gasteiger partial charge is 0.214 e. The minimum absolute atomic E-state index is 0. The van der Waals surface area contributed by atoms with E-state index in [0.717, 1.165) is 18.3 Å². The summed E-state index contributed by atoms with van der Waals surface area (Å²) in [7, 11) is 0. The molecule has 0 aliphatic heterocycles. The molecule has 2 fully saturated rings. The Bertz CT molecular complexity index is 1470. The molecule has 0 aromatic heterocycles. The second-order valence-electron chi connectivity index (χ2n) is 12.6. The third-order valence-corrected chi connectivity index (χ3v) is 11.1. The van der Waals surface area contributed by atoms with Gasteiger partial charge in [0.05, 0.1) is 0 Å². The van der Waals surface area contributed by atoms with Crippen LogP contribution in [0.25, 0.3) is 11.1 Å². The Kier molecular flexibility index (Phi) is 14.9. The van der Waals surface area contributed by atoms with Gasteiger partial charge in [-0.25, -0.2) is 12.1 Å². The Morgan fingerprint density at radius 1 is 0.565 bits per heavy atom. The van der Waals surface area contributed by atoms with Crippen LogP contribution < -0.4 is 24.8 Å². The fourth-order valence-corrected chi connectivity index (χ4v) is 8.02. The van der Waals surface area contributed by atoms with Crippen molar-refractivity contribution < 1.29 is 49.0 Å². The van der Waals surface area contributed by atoms with Crippen LogP contribution in [0.15, 0.2) is 121 Å². The first-order valence-electron chi connectivity index (χ1n) is 16.8. The van der Waals surface area contributed by atoms with Gasteiger partial charge in [-0.1, -0.05) is 35.4 Å². The maximum atomic E-state index is 3.30. The topological polar surface area (TPSA) is 0 Å². The van der Waals surface area contributed by atoms with Gasteiger partial charge in [0, 0.05) is 0 Å². The molecule has 0 N–H and O–H groups in total. The number of hydrogen-bond donors (Lipinski definition) is 0. The zero-order valence-electron chi connectivity index (χ0n) is 26.7. The van der Waals surface area contributed by atoms with Gasteiger partial charge in [0.25, 0.3) is 0 Å². The Morgan fingerprint density at radius 3 is 1.57 bits per heavy atom. The molecular formula is C43H44Cl2Zr-2. The van der Waals surface area contributed by atoms with Crippen molar-refractivity contribution in [2.45, 2.75) is 82.5 Å². The molecule has 0 spiro atoms. The van der Waals surface area contributed by atoms with E-state index in [0.29, 0.717) is 0 Å². The summed E-state index contributed by atoms with van der Waals surface area (Å²) in [4.78, 5) is 0. The van der Waals surface area contributed by atoms with Gasteiger partial charge >= 0.3 is 174 Å². The van der Waals surface area contributed by atoms with Crippen molar-refractivity contribution in [3.8, 4) is 11.1 Å². The molecule has 3 aliphatic carbocycles. The smallest absolute Gasteiger partial charge is 0.0253 e. The Morgan fingerprint density at radius 2 is 1.07 bits per heavy atom. The Hall–Kier alpha value is -2.44. The predicted octanol–water partition coefficient (Wildman–Crippen LogP) is 5.37. The molecular weight excluding hydrogens is 679 g/mol.